The van der Waals surface area contributed by atoms with Gasteiger partial charge in [-0.05, 0) is 38.0 Å². The van der Waals surface area contributed by atoms with Crippen molar-refractivity contribution in [1.82, 2.24) is 5.32 Å². The molecule has 3 unspecified atom stereocenters. The van der Waals surface area contributed by atoms with E-state index in [4.69, 9.17) is 5.73 Å². The Bertz CT molecular complexity index is 217. The van der Waals surface area contributed by atoms with Crippen LogP contribution in [0.15, 0.2) is 0 Å². The van der Waals surface area contributed by atoms with Crippen LogP contribution in [-0.2, 0) is 4.79 Å². The SMILES string of the molecule is C[C@@H](NC1CC2CCC1C2)C(N)=O. The minimum atomic E-state index is -0.234. The van der Waals surface area contributed by atoms with Crippen LogP contribution in [0.25, 0.3) is 0 Å². The van der Waals surface area contributed by atoms with E-state index in [9.17, 15) is 4.79 Å². The zero-order valence-electron chi connectivity index (χ0n) is 8.12. The Balaban J connectivity index is 1.86. The molecular formula is C10H18N2O. The van der Waals surface area contributed by atoms with E-state index < -0.39 is 0 Å². The monoisotopic (exact) mass is 182 g/mol. The highest BCUT2D eigenvalue weighted by Gasteiger charge is 2.39. The Morgan fingerprint density at radius 3 is 2.69 bits per heavy atom. The Kier molecular flexibility index (Phi) is 2.28. The molecule has 0 radical (unpaired) electrons. The number of nitrogens with one attached hydrogen (secondary N) is 1. The van der Waals surface area contributed by atoms with Crippen LogP contribution in [0.1, 0.15) is 32.6 Å². The molecule has 2 aliphatic rings. The van der Waals surface area contributed by atoms with Gasteiger partial charge in [-0.1, -0.05) is 6.42 Å². The predicted molar refractivity (Wildman–Crippen MR) is 51.0 cm³/mol. The molecule has 3 N–H and O–H groups in total. The average molecular weight is 182 g/mol. The highest BCUT2D eigenvalue weighted by Crippen LogP contribution is 2.44. The molecule has 2 fully saturated rings. The van der Waals surface area contributed by atoms with Crippen LogP contribution in [0.5, 0.6) is 0 Å². The molecule has 0 aromatic heterocycles. The summed E-state index contributed by atoms with van der Waals surface area (Å²) in [4.78, 5) is 10.9. The first-order chi connectivity index (χ1) is 6.16. The van der Waals surface area contributed by atoms with Crippen LogP contribution in [0.2, 0.25) is 0 Å². The topological polar surface area (TPSA) is 55.1 Å². The van der Waals surface area contributed by atoms with Gasteiger partial charge in [0.1, 0.15) is 0 Å². The zero-order chi connectivity index (χ0) is 9.42. The number of primary amides is 1. The smallest absolute Gasteiger partial charge is 0.234 e. The summed E-state index contributed by atoms with van der Waals surface area (Å²) in [6, 6.07) is 0.394. The molecule has 1 amide bonds. The molecule has 2 rings (SSSR count). The van der Waals surface area contributed by atoms with Crippen molar-refractivity contribution in [1.29, 1.82) is 0 Å². The normalized spacial score (nSPS) is 39.3. The maximum Gasteiger partial charge on any atom is 0.234 e. The number of amides is 1. The molecular weight excluding hydrogens is 164 g/mol. The number of fused-ring (bicyclic) bond motifs is 2. The van der Waals surface area contributed by atoms with E-state index in [0.717, 1.165) is 11.8 Å². The lowest BCUT2D eigenvalue weighted by molar-refractivity contribution is -0.119. The van der Waals surface area contributed by atoms with Crippen molar-refractivity contribution in [3.05, 3.63) is 0 Å². The maximum atomic E-state index is 10.9. The minimum Gasteiger partial charge on any atom is -0.368 e. The lowest BCUT2D eigenvalue weighted by Gasteiger charge is -2.25. The summed E-state index contributed by atoms with van der Waals surface area (Å²) in [7, 11) is 0. The Morgan fingerprint density at radius 2 is 2.23 bits per heavy atom. The molecule has 0 aromatic carbocycles. The van der Waals surface area contributed by atoms with Crippen molar-refractivity contribution in [2.45, 2.75) is 44.7 Å². The van der Waals surface area contributed by atoms with Crippen molar-refractivity contribution in [2.24, 2.45) is 17.6 Å². The number of rotatable bonds is 3. The summed E-state index contributed by atoms with van der Waals surface area (Å²) in [5, 5.41) is 3.34. The molecule has 3 heteroatoms. The Morgan fingerprint density at radius 1 is 1.46 bits per heavy atom. The standard InChI is InChI=1S/C10H18N2O/c1-6(10(11)13)12-9-5-7-2-3-8(9)4-7/h6-9,12H,2-5H2,1H3,(H2,11,13)/t6-,7?,8?,9?/m1/s1. The van der Waals surface area contributed by atoms with E-state index in [2.05, 4.69) is 5.32 Å². The molecule has 0 spiro atoms. The lowest BCUT2D eigenvalue weighted by atomic mass is 9.95. The predicted octanol–water partition coefficient (Wildman–Crippen LogP) is 0.638. The van der Waals surface area contributed by atoms with Gasteiger partial charge in [0.2, 0.25) is 5.91 Å². The second kappa shape index (κ2) is 3.29. The van der Waals surface area contributed by atoms with E-state index in [-0.39, 0.29) is 11.9 Å². The van der Waals surface area contributed by atoms with Gasteiger partial charge in [0.05, 0.1) is 6.04 Å². The fraction of sp³-hybridized carbons (Fsp3) is 0.900. The van der Waals surface area contributed by atoms with E-state index in [1.807, 2.05) is 6.92 Å². The minimum absolute atomic E-state index is 0.163. The summed E-state index contributed by atoms with van der Waals surface area (Å²) in [5.41, 5.74) is 5.21. The summed E-state index contributed by atoms with van der Waals surface area (Å²) >= 11 is 0. The molecule has 13 heavy (non-hydrogen) atoms. The molecule has 2 saturated carbocycles. The van der Waals surface area contributed by atoms with E-state index >= 15 is 0 Å². The first-order valence-corrected chi connectivity index (χ1v) is 5.22. The molecule has 3 nitrogen and oxygen atoms in total. The van der Waals surface area contributed by atoms with Crippen LogP contribution >= 0.6 is 0 Å². The van der Waals surface area contributed by atoms with Gasteiger partial charge in [-0.2, -0.15) is 0 Å². The number of carbonyl (C=O) groups excluding carboxylic acids is 1. The third-order valence-corrected chi connectivity index (χ3v) is 3.63. The van der Waals surface area contributed by atoms with E-state index in [1.165, 1.54) is 25.7 Å². The summed E-state index contributed by atoms with van der Waals surface area (Å²) in [6.45, 7) is 1.86. The van der Waals surface area contributed by atoms with Gasteiger partial charge in [0.15, 0.2) is 0 Å². The summed E-state index contributed by atoms with van der Waals surface area (Å²) in [5.74, 6) is 1.50. The van der Waals surface area contributed by atoms with Crippen LogP contribution < -0.4 is 11.1 Å². The largest absolute Gasteiger partial charge is 0.368 e. The summed E-state index contributed by atoms with van der Waals surface area (Å²) in [6.07, 6.45) is 5.35. The highest BCUT2D eigenvalue weighted by atomic mass is 16.1. The first-order valence-electron chi connectivity index (χ1n) is 5.22. The van der Waals surface area contributed by atoms with Crippen LogP contribution in [0, 0.1) is 11.8 Å². The van der Waals surface area contributed by atoms with Gasteiger partial charge in [-0.15, -0.1) is 0 Å². The lowest BCUT2D eigenvalue weighted by Crippen LogP contribution is -2.46. The van der Waals surface area contributed by atoms with Gasteiger partial charge in [0, 0.05) is 6.04 Å². The number of carbonyl (C=O) groups is 1. The third kappa shape index (κ3) is 1.70. The second-order valence-corrected chi connectivity index (χ2v) is 4.57. The molecule has 0 aliphatic heterocycles. The highest BCUT2D eigenvalue weighted by molar-refractivity contribution is 5.79. The van der Waals surface area contributed by atoms with Crippen molar-refractivity contribution in [3.8, 4) is 0 Å². The molecule has 0 heterocycles. The van der Waals surface area contributed by atoms with Gasteiger partial charge in [-0.3, -0.25) is 4.79 Å². The number of nitrogens with two attached hydrogens (primary N) is 1. The van der Waals surface area contributed by atoms with Gasteiger partial charge >= 0.3 is 0 Å². The van der Waals surface area contributed by atoms with Crippen LogP contribution in [0.4, 0.5) is 0 Å². The van der Waals surface area contributed by atoms with Crippen LogP contribution in [0.3, 0.4) is 0 Å². The van der Waals surface area contributed by atoms with E-state index in [1.54, 1.807) is 0 Å². The first kappa shape index (κ1) is 9.00. The van der Waals surface area contributed by atoms with Crippen molar-refractivity contribution < 1.29 is 4.79 Å². The molecule has 0 saturated heterocycles. The molecule has 0 aromatic rings. The van der Waals surface area contributed by atoms with Crippen molar-refractivity contribution in [3.63, 3.8) is 0 Å². The average Bonchev–Trinajstić information content (AvgIpc) is 2.64. The molecule has 2 aliphatic carbocycles. The van der Waals surface area contributed by atoms with Gasteiger partial charge in [0.25, 0.3) is 0 Å². The third-order valence-electron chi connectivity index (χ3n) is 3.63. The molecule has 4 atom stereocenters. The van der Waals surface area contributed by atoms with Gasteiger partial charge < -0.3 is 11.1 Å². The second-order valence-electron chi connectivity index (χ2n) is 4.57. The fourth-order valence-corrected chi connectivity index (χ4v) is 2.85. The quantitative estimate of drug-likeness (QED) is 0.673. The Hall–Kier alpha value is -0.570. The number of hydrogen-bond donors (Lipinski definition) is 2. The van der Waals surface area contributed by atoms with Gasteiger partial charge in [-0.25, -0.2) is 0 Å². The van der Waals surface area contributed by atoms with Crippen molar-refractivity contribution >= 4 is 5.91 Å². The van der Waals surface area contributed by atoms with Crippen LogP contribution in [-0.4, -0.2) is 18.0 Å². The Labute approximate surface area is 79.1 Å². The zero-order valence-corrected chi connectivity index (χ0v) is 8.12. The maximum absolute atomic E-state index is 10.9. The molecule has 2 bridgehead atoms. The number of hydrogen-bond acceptors (Lipinski definition) is 2. The fourth-order valence-electron chi connectivity index (χ4n) is 2.85. The summed E-state index contributed by atoms with van der Waals surface area (Å²) < 4.78 is 0. The van der Waals surface area contributed by atoms with E-state index in [0.29, 0.717) is 6.04 Å². The molecule has 74 valence electrons. The van der Waals surface area contributed by atoms with Crippen molar-refractivity contribution in [2.75, 3.05) is 0 Å².